The molecule has 2 rings (SSSR count). The number of hydrogen-bond acceptors (Lipinski definition) is 5. The van der Waals surface area contributed by atoms with Gasteiger partial charge in [0.25, 0.3) is 0 Å². The van der Waals surface area contributed by atoms with E-state index in [1.807, 2.05) is 30.3 Å². The zero-order valence-corrected chi connectivity index (χ0v) is 14.3. The quantitative estimate of drug-likeness (QED) is 0.310. The smallest absolute Gasteiger partial charge is 0.426 e. The molecule has 0 bridgehead atoms. The predicted octanol–water partition coefficient (Wildman–Crippen LogP) is -0.291. The van der Waals surface area contributed by atoms with Crippen molar-refractivity contribution in [3.8, 4) is 0 Å². The first kappa shape index (κ1) is 19.4. The van der Waals surface area contributed by atoms with Crippen LogP contribution in [0, 0.1) is 5.41 Å². The Morgan fingerprint density at radius 2 is 1.88 bits per heavy atom. The van der Waals surface area contributed by atoms with Crippen molar-refractivity contribution >= 4 is 18.9 Å². The van der Waals surface area contributed by atoms with Gasteiger partial charge in [-0.25, -0.2) is 0 Å². The Balaban J connectivity index is 1.97. The molecule has 0 radical (unpaired) electrons. The topological polar surface area (TPSA) is 125 Å². The highest BCUT2D eigenvalue weighted by atomic mass is 16.4. The van der Waals surface area contributed by atoms with E-state index in [0.29, 0.717) is 38.8 Å². The minimum atomic E-state index is -1.68. The Bertz CT molecular complexity index is 579. The average Bonchev–Trinajstić information content (AvgIpc) is 2.56. The van der Waals surface area contributed by atoms with Crippen molar-refractivity contribution in [2.45, 2.75) is 44.6 Å². The fourth-order valence-corrected chi connectivity index (χ4v) is 2.98. The molecule has 1 aliphatic rings. The van der Waals surface area contributed by atoms with E-state index in [4.69, 9.17) is 5.73 Å². The summed E-state index contributed by atoms with van der Waals surface area (Å²) in [5, 5.41) is 24.3. The van der Waals surface area contributed by atoms with Crippen LogP contribution in [-0.4, -0.2) is 41.5 Å². The maximum Gasteiger partial charge on any atom is 0.475 e. The Morgan fingerprint density at radius 3 is 2.40 bits per heavy atom. The Hall–Kier alpha value is -1.90. The zero-order valence-electron chi connectivity index (χ0n) is 14.3. The highest BCUT2D eigenvalue weighted by Crippen LogP contribution is 2.41. The van der Waals surface area contributed by atoms with Crippen LogP contribution in [0.4, 0.5) is 0 Å². The molecule has 0 spiro atoms. The number of rotatable bonds is 9. The lowest BCUT2D eigenvalue weighted by Gasteiger charge is -2.39. The average molecular weight is 347 g/mol. The van der Waals surface area contributed by atoms with Crippen molar-refractivity contribution in [3.63, 3.8) is 0 Å². The van der Waals surface area contributed by atoms with Gasteiger partial charge in [0.2, 0.25) is 11.8 Å². The van der Waals surface area contributed by atoms with Crippen LogP contribution in [0.15, 0.2) is 30.3 Å². The zero-order chi connectivity index (χ0) is 18.3. The SMILES string of the molecule is NCCC[C@H](NC(=O)C1(C(=O)NCc2ccccc2)CCC1)B(O)O. The lowest BCUT2D eigenvalue weighted by Crippen LogP contribution is -2.59. The first-order valence-electron chi connectivity index (χ1n) is 8.69. The number of carbonyl (C=O) groups excluding carboxylic acids is 2. The van der Waals surface area contributed by atoms with Crippen molar-refractivity contribution < 1.29 is 19.6 Å². The molecule has 8 heteroatoms. The molecule has 0 unspecified atom stereocenters. The first-order valence-corrected chi connectivity index (χ1v) is 8.69. The van der Waals surface area contributed by atoms with Gasteiger partial charge in [0, 0.05) is 6.54 Å². The molecule has 1 saturated carbocycles. The van der Waals surface area contributed by atoms with Crippen molar-refractivity contribution in [1.82, 2.24) is 10.6 Å². The summed E-state index contributed by atoms with van der Waals surface area (Å²) in [4.78, 5) is 25.3. The molecule has 0 aromatic heterocycles. The van der Waals surface area contributed by atoms with Crippen LogP contribution in [0.5, 0.6) is 0 Å². The maximum atomic E-state index is 12.7. The number of nitrogens with two attached hydrogens (primary N) is 1. The Kier molecular flexibility index (Phi) is 6.98. The second-order valence-electron chi connectivity index (χ2n) is 6.53. The van der Waals surface area contributed by atoms with Crippen molar-refractivity contribution in [2.75, 3.05) is 6.54 Å². The van der Waals surface area contributed by atoms with Gasteiger partial charge in [-0.3, -0.25) is 9.59 Å². The van der Waals surface area contributed by atoms with Gasteiger partial charge in [-0.1, -0.05) is 36.8 Å². The monoisotopic (exact) mass is 347 g/mol. The van der Waals surface area contributed by atoms with Crippen LogP contribution in [0.25, 0.3) is 0 Å². The number of nitrogens with one attached hydrogen (secondary N) is 2. The van der Waals surface area contributed by atoms with Gasteiger partial charge in [0.05, 0.1) is 5.94 Å². The number of hydrogen-bond donors (Lipinski definition) is 5. The number of benzene rings is 1. The van der Waals surface area contributed by atoms with E-state index in [2.05, 4.69) is 10.6 Å². The van der Waals surface area contributed by atoms with Crippen molar-refractivity contribution in [1.29, 1.82) is 0 Å². The van der Waals surface area contributed by atoms with Crippen LogP contribution in [0.2, 0.25) is 0 Å². The summed E-state index contributed by atoms with van der Waals surface area (Å²) in [6, 6.07) is 9.47. The standard InChI is InChI=1S/C17H26BN3O4/c19-11-4-8-14(18(24)25)21-16(23)17(9-5-10-17)15(22)20-12-13-6-2-1-3-7-13/h1-3,6-7,14,24-25H,4-5,8-12,19H2,(H,20,22)(H,21,23)/t14-/m0/s1. The van der Waals surface area contributed by atoms with Crippen LogP contribution >= 0.6 is 0 Å². The third kappa shape index (κ3) is 4.81. The molecule has 1 fully saturated rings. The Labute approximate surface area is 148 Å². The van der Waals surface area contributed by atoms with Crippen LogP contribution in [-0.2, 0) is 16.1 Å². The molecule has 25 heavy (non-hydrogen) atoms. The van der Waals surface area contributed by atoms with Gasteiger partial charge in [-0.2, -0.15) is 0 Å². The highest BCUT2D eigenvalue weighted by molar-refractivity contribution is 6.43. The lowest BCUT2D eigenvalue weighted by molar-refractivity contribution is -0.150. The van der Waals surface area contributed by atoms with E-state index in [9.17, 15) is 19.6 Å². The maximum absolute atomic E-state index is 12.7. The van der Waals surface area contributed by atoms with Gasteiger partial charge in [0.15, 0.2) is 0 Å². The fraction of sp³-hybridized carbons (Fsp3) is 0.529. The van der Waals surface area contributed by atoms with Crippen LogP contribution in [0.1, 0.15) is 37.7 Å². The molecule has 2 amide bonds. The van der Waals surface area contributed by atoms with Gasteiger partial charge in [-0.05, 0) is 37.8 Å². The molecule has 6 N–H and O–H groups in total. The molecule has 1 atom stereocenters. The fourth-order valence-electron chi connectivity index (χ4n) is 2.98. The van der Waals surface area contributed by atoms with E-state index in [0.717, 1.165) is 12.0 Å². The summed E-state index contributed by atoms with van der Waals surface area (Å²) in [6.07, 6.45) is 2.62. The van der Waals surface area contributed by atoms with E-state index >= 15 is 0 Å². The summed E-state index contributed by atoms with van der Waals surface area (Å²) in [6.45, 7) is 0.746. The minimum Gasteiger partial charge on any atom is -0.426 e. The molecule has 136 valence electrons. The summed E-state index contributed by atoms with van der Waals surface area (Å²) >= 11 is 0. The molecular formula is C17H26BN3O4. The first-order chi connectivity index (χ1) is 12.0. The molecular weight excluding hydrogens is 321 g/mol. The van der Waals surface area contributed by atoms with E-state index in [1.54, 1.807) is 0 Å². The second-order valence-corrected chi connectivity index (χ2v) is 6.53. The molecule has 1 aliphatic carbocycles. The minimum absolute atomic E-state index is 0.315. The normalized spacial score (nSPS) is 16.4. The molecule has 1 aromatic carbocycles. The summed E-state index contributed by atoms with van der Waals surface area (Å²) in [7, 11) is -1.68. The van der Waals surface area contributed by atoms with Crippen LogP contribution < -0.4 is 16.4 Å². The third-order valence-electron chi connectivity index (χ3n) is 4.77. The summed E-state index contributed by atoms with van der Waals surface area (Å²) in [5.41, 5.74) is 5.27. The number of carbonyl (C=O) groups is 2. The molecule has 0 aliphatic heterocycles. The lowest BCUT2D eigenvalue weighted by atomic mass is 9.66. The molecule has 1 aromatic rings. The third-order valence-corrected chi connectivity index (χ3v) is 4.77. The molecule has 7 nitrogen and oxygen atoms in total. The summed E-state index contributed by atoms with van der Waals surface area (Å²) in [5.74, 6) is -1.58. The second kappa shape index (κ2) is 8.98. The molecule has 0 heterocycles. The number of amides is 2. The summed E-state index contributed by atoms with van der Waals surface area (Å²) < 4.78 is 0. The largest absolute Gasteiger partial charge is 0.475 e. The van der Waals surface area contributed by atoms with E-state index < -0.39 is 24.4 Å². The highest BCUT2D eigenvalue weighted by Gasteiger charge is 2.51. The van der Waals surface area contributed by atoms with Crippen molar-refractivity contribution in [2.24, 2.45) is 11.1 Å². The van der Waals surface area contributed by atoms with Gasteiger partial charge in [-0.15, -0.1) is 0 Å². The van der Waals surface area contributed by atoms with E-state index in [-0.39, 0.29) is 5.91 Å². The predicted molar refractivity (Wildman–Crippen MR) is 95.0 cm³/mol. The van der Waals surface area contributed by atoms with Gasteiger partial charge in [0.1, 0.15) is 5.41 Å². The van der Waals surface area contributed by atoms with Crippen LogP contribution in [0.3, 0.4) is 0 Å². The van der Waals surface area contributed by atoms with Crippen molar-refractivity contribution in [3.05, 3.63) is 35.9 Å². The van der Waals surface area contributed by atoms with Gasteiger partial charge >= 0.3 is 7.12 Å². The molecule has 0 saturated heterocycles. The van der Waals surface area contributed by atoms with Gasteiger partial charge < -0.3 is 26.4 Å². The van der Waals surface area contributed by atoms with E-state index in [1.165, 1.54) is 0 Å². The Morgan fingerprint density at radius 1 is 1.20 bits per heavy atom.